The molecule has 6 rings (SSSR count). The van der Waals surface area contributed by atoms with Gasteiger partial charge in [0.15, 0.2) is 0 Å². The Bertz CT molecular complexity index is 1450. The third-order valence-electron chi connectivity index (χ3n) is 11.3. The van der Waals surface area contributed by atoms with Gasteiger partial charge in [0.1, 0.15) is 12.6 Å². The van der Waals surface area contributed by atoms with Gasteiger partial charge in [-0.15, -0.1) is 0 Å². The zero-order valence-electron chi connectivity index (χ0n) is 25.9. The van der Waals surface area contributed by atoms with Crippen LogP contribution >= 0.6 is 0 Å². The van der Waals surface area contributed by atoms with Crippen molar-refractivity contribution in [3.05, 3.63) is 83.7 Å². The molecule has 7 nitrogen and oxygen atoms in total. The van der Waals surface area contributed by atoms with Gasteiger partial charge in [-0.3, -0.25) is 19.4 Å². The van der Waals surface area contributed by atoms with Crippen molar-refractivity contribution < 1.29 is 24.2 Å². The van der Waals surface area contributed by atoms with E-state index < -0.39 is 12.5 Å². The molecule has 1 aromatic heterocycles. The molecule has 1 heterocycles. The summed E-state index contributed by atoms with van der Waals surface area (Å²) in [6, 6.07) is 13.5. The van der Waals surface area contributed by atoms with Gasteiger partial charge >= 0.3 is 11.9 Å². The van der Waals surface area contributed by atoms with Crippen molar-refractivity contribution in [2.45, 2.75) is 84.3 Å². The molecule has 1 aromatic carbocycles. The molecule has 4 aliphatic rings. The fraction of sp³-hybridized carbons (Fsp3) is 0.514. The third-order valence-corrected chi connectivity index (χ3v) is 11.3. The summed E-state index contributed by atoms with van der Waals surface area (Å²) in [6.45, 7) is 4.72. The maximum Gasteiger partial charge on any atom is 0.323 e. The summed E-state index contributed by atoms with van der Waals surface area (Å²) >= 11 is 0. The Morgan fingerprint density at radius 3 is 2.50 bits per heavy atom. The minimum absolute atomic E-state index is 0.0478. The lowest BCUT2D eigenvalue weighted by Gasteiger charge is -2.57. The van der Waals surface area contributed by atoms with Crippen LogP contribution in [0.4, 0.5) is 0 Å². The van der Waals surface area contributed by atoms with Gasteiger partial charge in [0.25, 0.3) is 0 Å². The number of nitrogens with zero attached hydrogens (tertiary/aromatic N) is 2. The van der Waals surface area contributed by atoms with Crippen molar-refractivity contribution in [1.82, 2.24) is 9.88 Å². The largest absolute Gasteiger partial charge is 0.480 e. The number of pyridine rings is 1. The highest BCUT2D eigenvalue weighted by Gasteiger charge is 2.57. The molecule has 2 saturated carbocycles. The van der Waals surface area contributed by atoms with E-state index >= 15 is 0 Å². The molecule has 0 saturated heterocycles. The number of hydrogen-bond acceptors (Lipinski definition) is 5. The van der Waals surface area contributed by atoms with Gasteiger partial charge in [0, 0.05) is 31.8 Å². The van der Waals surface area contributed by atoms with E-state index in [1.165, 1.54) is 34.5 Å². The lowest BCUT2D eigenvalue weighted by Crippen LogP contribution is -2.50. The smallest absolute Gasteiger partial charge is 0.323 e. The van der Waals surface area contributed by atoms with Crippen molar-refractivity contribution >= 4 is 23.4 Å². The van der Waals surface area contributed by atoms with Gasteiger partial charge in [0.05, 0.1) is 6.42 Å². The average Bonchev–Trinajstić information content (AvgIpc) is 3.37. The van der Waals surface area contributed by atoms with Crippen molar-refractivity contribution in [2.75, 3.05) is 6.54 Å². The molecule has 0 bridgehead atoms. The number of aliphatic carboxylic acids is 1. The predicted molar refractivity (Wildman–Crippen MR) is 168 cm³/mol. The van der Waals surface area contributed by atoms with E-state index in [0.29, 0.717) is 17.8 Å². The quantitative estimate of drug-likeness (QED) is 0.251. The Hall–Kier alpha value is -3.74. The van der Waals surface area contributed by atoms with Crippen LogP contribution in [0.25, 0.3) is 5.57 Å². The first-order chi connectivity index (χ1) is 21.2. The van der Waals surface area contributed by atoms with Crippen LogP contribution in [0.5, 0.6) is 0 Å². The monoisotopic (exact) mass is 596 g/mol. The summed E-state index contributed by atoms with van der Waals surface area (Å²) in [5.41, 5.74) is 5.36. The van der Waals surface area contributed by atoms with Crippen molar-refractivity contribution in [2.24, 2.45) is 28.6 Å². The molecule has 232 valence electrons. The topological polar surface area (TPSA) is 96.8 Å². The summed E-state index contributed by atoms with van der Waals surface area (Å²) in [7, 11) is 0. The fourth-order valence-electron chi connectivity index (χ4n) is 9.08. The zero-order chi connectivity index (χ0) is 30.9. The zero-order valence-corrected chi connectivity index (χ0v) is 25.9. The molecule has 7 heteroatoms. The number of rotatable bonds is 9. The number of carboxylic acids is 1. The molecule has 5 unspecified atom stereocenters. The average molecular weight is 597 g/mol. The van der Waals surface area contributed by atoms with Gasteiger partial charge in [-0.2, -0.15) is 0 Å². The van der Waals surface area contributed by atoms with Crippen LogP contribution in [0, 0.1) is 28.6 Å². The number of carboxylic acid groups (broad SMARTS) is 1. The third kappa shape index (κ3) is 5.85. The molecule has 1 N–H and O–H groups in total. The van der Waals surface area contributed by atoms with Gasteiger partial charge < -0.3 is 14.7 Å². The van der Waals surface area contributed by atoms with Crippen LogP contribution in [0.1, 0.15) is 82.8 Å². The second kappa shape index (κ2) is 12.3. The van der Waals surface area contributed by atoms with Gasteiger partial charge in [-0.05, 0) is 89.9 Å². The summed E-state index contributed by atoms with van der Waals surface area (Å²) in [5, 5.41) is 9.31. The number of esters is 1. The fourth-order valence-corrected chi connectivity index (χ4v) is 9.08. The maximum atomic E-state index is 12.9. The minimum atomic E-state index is -1.08. The summed E-state index contributed by atoms with van der Waals surface area (Å²) < 4.78 is 5.92. The van der Waals surface area contributed by atoms with Crippen LogP contribution in [0.3, 0.4) is 0 Å². The molecular weight excluding hydrogens is 552 g/mol. The lowest BCUT2D eigenvalue weighted by molar-refractivity contribution is -0.153. The van der Waals surface area contributed by atoms with Crippen molar-refractivity contribution in [3.8, 4) is 0 Å². The number of carbonyl (C=O) groups excluding carboxylic acids is 2. The first kappa shape index (κ1) is 30.3. The van der Waals surface area contributed by atoms with E-state index in [1.807, 2.05) is 48.8 Å². The van der Waals surface area contributed by atoms with Crippen LogP contribution < -0.4 is 0 Å². The van der Waals surface area contributed by atoms with E-state index in [-0.39, 0.29) is 48.2 Å². The number of allylic oxidation sites excluding steroid dienone is 3. The van der Waals surface area contributed by atoms with E-state index in [0.717, 1.165) is 37.7 Å². The first-order valence-electron chi connectivity index (χ1n) is 16.2. The number of benzene rings is 1. The Morgan fingerprint density at radius 2 is 1.75 bits per heavy atom. The second-order valence-electron chi connectivity index (χ2n) is 13.8. The highest BCUT2D eigenvalue weighted by molar-refractivity contribution is 5.84. The highest BCUT2D eigenvalue weighted by Crippen LogP contribution is 2.66. The molecule has 0 radical (unpaired) electrons. The van der Waals surface area contributed by atoms with Gasteiger partial charge in [-0.25, -0.2) is 0 Å². The van der Waals surface area contributed by atoms with Crippen LogP contribution in [0.15, 0.2) is 72.6 Å². The molecule has 2 fully saturated rings. The Labute approximate surface area is 260 Å². The predicted octanol–water partition coefficient (Wildman–Crippen LogP) is 6.84. The summed E-state index contributed by atoms with van der Waals surface area (Å²) in [6.07, 6.45) is 15.7. The van der Waals surface area contributed by atoms with Gasteiger partial charge in [-0.1, -0.05) is 68.0 Å². The lowest BCUT2D eigenvalue weighted by atomic mass is 9.47. The van der Waals surface area contributed by atoms with Gasteiger partial charge in [0.2, 0.25) is 5.91 Å². The standard InChI is InChI=1S/C37H44N2O5/c1-36-18-16-28(44-35(43)15-14-33(40)39(24-34(41)42)23-25-7-4-3-5-8-25)21-27(36)10-11-29-31-13-12-30(26-9-6-20-38-22-26)37(31,2)19-17-32(29)36/h3-10,12,20,22,28-29,31-32H,11,13-19,21,23-24H2,1-2H3,(H,41,42)/t28?,29?,31?,32-,36?,37?/m0/s1. The molecule has 0 spiro atoms. The number of carbonyl (C=O) groups is 3. The number of hydrogen-bond donors (Lipinski definition) is 1. The molecule has 4 aliphatic carbocycles. The van der Waals surface area contributed by atoms with Crippen LogP contribution in [-0.4, -0.2) is 45.5 Å². The SMILES string of the molecule is CC12CC[C@H]3C(CC=C4CC(OC(=O)CCC(=O)N(CC(=O)O)Cc5ccccc5)CCC43C)C1CC=C2c1cccnc1. The second-order valence-corrected chi connectivity index (χ2v) is 13.8. The highest BCUT2D eigenvalue weighted by atomic mass is 16.5. The Kier molecular flexibility index (Phi) is 8.49. The first-order valence-corrected chi connectivity index (χ1v) is 16.2. The molecule has 0 aliphatic heterocycles. The molecule has 1 amide bonds. The number of ether oxygens (including phenoxy) is 1. The molecule has 2 aromatic rings. The van der Waals surface area contributed by atoms with E-state index in [1.54, 1.807) is 0 Å². The van der Waals surface area contributed by atoms with E-state index in [2.05, 4.69) is 37.0 Å². The Balaban J connectivity index is 1.05. The summed E-state index contributed by atoms with van der Waals surface area (Å²) in [5.74, 6) is 0.115. The minimum Gasteiger partial charge on any atom is -0.480 e. The Morgan fingerprint density at radius 1 is 0.955 bits per heavy atom. The maximum absolute atomic E-state index is 12.9. The molecule has 44 heavy (non-hydrogen) atoms. The normalized spacial score (nSPS) is 30.6. The molecular formula is C37H44N2O5. The van der Waals surface area contributed by atoms with Crippen molar-refractivity contribution in [1.29, 1.82) is 0 Å². The number of amides is 1. The molecule has 6 atom stereocenters. The number of aromatic nitrogens is 1. The van der Waals surface area contributed by atoms with Crippen molar-refractivity contribution in [3.63, 3.8) is 0 Å². The van der Waals surface area contributed by atoms with Crippen LogP contribution in [-0.2, 0) is 25.7 Å². The van der Waals surface area contributed by atoms with Crippen LogP contribution in [0.2, 0.25) is 0 Å². The summed E-state index contributed by atoms with van der Waals surface area (Å²) in [4.78, 5) is 42.8. The number of fused-ring (bicyclic) bond motifs is 5. The van der Waals surface area contributed by atoms with E-state index in [9.17, 15) is 19.5 Å². The van der Waals surface area contributed by atoms with E-state index in [4.69, 9.17) is 4.74 Å².